The maximum atomic E-state index is 12.9. The van der Waals surface area contributed by atoms with E-state index in [4.69, 9.17) is 11.6 Å². The van der Waals surface area contributed by atoms with Gasteiger partial charge in [0.05, 0.1) is 0 Å². The van der Waals surface area contributed by atoms with Gasteiger partial charge in [0.15, 0.2) is 0 Å². The third-order valence-corrected chi connectivity index (χ3v) is 4.03. The second-order valence-electron chi connectivity index (χ2n) is 5.72. The number of pyridine rings is 1. The molecule has 0 saturated heterocycles. The van der Waals surface area contributed by atoms with Crippen molar-refractivity contribution >= 4 is 23.3 Å². The van der Waals surface area contributed by atoms with Crippen molar-refractivity contribution in [2.45, 2.75) is 13.1 Å². The smallest absolute Gasteiger partial charge is 0.251 e. The Morgan fingerprint density at radius 1 is 0.962 bits per heavy atom. The van der Waals surface area contributed by atoms with Gasteiger partial charge >= 0.3 is 0 Å². The Bertz CT molecular complexity index is 882. The summed E-state index contributed by atoms with van der Waals surface area (Å²) in [6.45, 7) is 0.903. The van der Waals surface area contributed by atoms with Crippen molar-refractivity contribution in [2.24, 2.45) is 0 Å². The van der Waals surface area contributed by atoms with E-state index in [1.807, 2.05) is 12.1 Å². The maximum absolute atomic E-state index is 12.9. The summed E-state index contributed by atoms with van der Waals surface area (Å²) < 4.78 is 12.9. The summed E-state index contributed by atoms with van der Waals surface area (Å²) in [4.78, 5) is 16.5. The molecule has 0 aliphatic heterocycles. The summed E-state index contributed by atoms with van der Waals surface area (Å²) in [5, 5.41) is 6.65. The lowest BCUT2D eigenvalue weighted by molar-refractivity contribution is 0.0951. The van der Waals surface area contributed by atoms with Crippen molar-refractivity contribution in [3.05, 3.63) is 94.4 Å². The van der Waals surface area contributed by atoms with Crippen LogP contribution in [0.5, 0.6) is 0 Å². The monoisotopic (exact) mass is 369 g/mol. The number of carbonyl (C=O) groups excluding carboxylic acids is 1. The molecule has 2 aromatic carbocycles. The van der Waals surface area contributed by atoms with E-state index < -0.39 is 0 Å². The van der Waals surface area contributed by atoms with Crippen molar-refractivity contribution in [3.63, 3.8) is 0 Å². The first-order chi connectivity index (χ1) is 12.6. The first kappa shape index (κ1) is 17.9. The fraction of sp³-hybridized carbons (Fsp3) is 0.100. The van der Waals surface area contributed by atoms with Crippen molar-refractivity contribution in [1.82, 2.24) is 10.3 Å². The summed E-state index contributed by atoms with van der Waals surface area (Å²) in [6, 6.07) is 16.8. The average Bonchev–Trinajstić information content (AvgIpc) is 2.67. The largest absolute Gasteiger partial charge is 0.366 e. The molecule has 0 unspecified atom stereocenters. The molecule has 3 aromatic rings. The number of amides is 1. The van der Waals surface area contributed by atoms with Crippen LogP contribution in [0.15, 0.2) is 66.9 Å². The molecule has 4 nitrogen and oxygen atoms in total. The van der Waals surface area contributed by atoms with Crippen molar-refractivity contribution in [2.75, 3.05) is 5.32 Å². The van der Waals surface area contributed by atoms with E-state index in [-0.39, 0.29) is 11.7 Å². The van der Waals surface area contributed by atoms with Crippen LogP contribution in [0.4, 0.5) is 10.2 Å². The fourth-order valence-corrected chi connectivity index (χ4v) is 2.48. The number of rotatable bonds is 6. The topological polar surface area (TPSA) is 54.0 Å². The lowest BCUT2D eigenvalue weighted by atomic mass is 10.2. The third-order valence-electron chi connectivity index (χ3n) is 3.78. The first-order valence-corrected chi connectivity index (χ1v) is 8.45. The molecule has 1 aromatic heterocycles. The van der Waals surface area contributed by atoms with Gasteiger partial charge < -0.3 is 10.6 Å². The number of hydrogen-bond donors (Lipinski definition) is 2. The lowest BCUT2D eigenvalue weighted by Crippen LogP contribution is -2.23. The summed E-state index contributed by atoms with van der Waals surface area (Å²) in [6.07, 6.45) is 1.57. The molecule has 0 spiro atoms. The molecule has 6 heteroatoms. The summed E-state index contributed by atoms with van der Waals surface area (Å²) in [5.74, 6) is 0.117. The number of halogens is 2. The quantitative estimate of drug-likeness (QED) is 0.676. The number of hydrogen-bond acceptors (Lipinski definition) is 3. The predicted molar refractivity (Wildman–Crippen MR) is 101 cm³/mol. The minimum atomic E-state index is -0.272. The minimum Gasteiger partial charge on any atom is -0.366 e. The normalized spacial score (nSPS) is 10.4. The lowest BCUT2D eigenvalue weighted by Gasteiger charge is -2.09. The Morgan fingerprint density at radius 2 is 1.62 bits per heavy atom. The molecular formula is C20H17ClFN3O. The van der Waals surface area contributed by atoms with Gasteiger partial charge in [-0.25, -0.2) is 9.37 Å². The van der Waals surface area contributed by atoms with Gasteiger partial charge in [-0.1, -0.05) is 35.9 Å². The van der Waals surface area contributed by atoms with Gasteiger partial charge in [-0.3, -0.25) is 4.79 Å². The molecule has 0 aliphatic carbocycles. The Labute approximate surface area is 156 Å². The van der Waals surface area contributed by atoms with E-state index in [2.05, 4.69) is 15.6 Å². The molecule has 0 bridgehead atoms. The van der Waals surface area contributed by atoms with Crippen LogP contribution in [0.2, 0.25) is 5.02 Å². The number of benzene rings is 2. The Hall–Kier alpha value is -2.92. The van der Waals surface area contributed by atoms with Gasteiger partial charge in [0.25, 0.3) is 5.91 Å². The van der Waals surface area contributed by atoms with Gasteiger partial charge in [0, 0.05) is 29.9 Å². The molecule has 0 fully saturated rings. The highest BCUT2D eigenvalue weighted by atomic mass is 35.5. The molecule has 1 amide bonds. The molecule has 0 atom stereocenters. The number of carbonyl (C=O) groups is 1. The second-order valence-corrected chi connectivity index (χ2v) is 6.16. The maximum Gasteiger partial charge on any atom is 0.251 e. The van der Waals surface area contributed by atoms with Crippen molar-refractivity contribution < 1.29 is 9.18 Å². The van der Waals surface area contributed by atoms with Gasteiger partial charge in [-0.15, -0.1) is 0 Å². The van der Waals surface area contributed by atoms with Crippen LogP contribution in [0, 0.1) is 5.82 Å². The Morgan fingerprint density at radius 3 is 2.35 bits per heavy atom. The zero-order valence-corrected chi connectivity index (χ0v) is 14.6. The first-order valence-electron chi connectivity index (χ1n) is 8.07. The SMILES string of the molecule is O=C(NCc1ccc(Cl)cc1)c1ccnc(NCc2ccc(F)cc2)c1. The standard InChI is InChI=1S/C20H17ClFN3O/c21-17-5-1-14(2-6-17)13-25-20(26)16-9-10-23-19(11-16)24-12-15-3-7-18(22)8-4-15/h1-11H,12-13H2,(H,23,24)(H,25,26). The molecule has 1 heterocycles. The zero-order chi connectivity index (χ0) is 18.4. The molecule has 2 N–H and O–H groups in total. The van der Waals surface area contributed by atoms with E-state index in [0.717, 1.165) is 11.1 Å². The van der Waals surface area contributed by atoms with Crippen LogP contribution in [0.1, 0.15) is 21.5 Å². The van der Waals surface area contributed by atoms with Crippen LogP contribution >= 0.6 is 11.6 Å². The van der Waals surface area contributed by atoms with Crippen molar-refractivity contribution in [1.29, 1.82) is 0 Å². The van der Waals surface area contributed by atoms with E-state index >= 15 is 0 Å². The number of nitrogens with one attached hydrogen (secondary N) is 2. The van der Waals surface area contributed by atoms with E-state index in [1.54, 1.807) is 42.6 Å². The Kier molecular flexibility index (Phi) is 5.81. The molecule has 26 heavy (non-hydrogen) atoms. The van der Waals surface area contributed by atoms with Gasteiger partial charge in [-0.2, -0.15) is 0 Å². The van der Waals surface area contributed by atoms with Crippen LogP contribution in [-0.2, 0) is 13.1 Å². The molecule has 0 saturated carbocycles. The molecule has 3 rings (SSSR count). The van der Waals surface area contributed by atoms with Crippen LogP contribution in [-0.4, -0.2) is 10.9 Å². The van der Waals surface area contributed by atoms with E-state index in [0.29, 0.717) is 29.5 Å². The summed E-state index contributed by atoms with van der Waals surface area (Å²) in [5.41, 5.74) is 2.40. The van der Waals surface area contributed by atoms with E-state index in [1.165, 1.54) is 12.1 Å². The predicted octanol–water partition coefficient (Wildman–Crippen LogP) is 4.42. The van der Waals surface area contributed by atoms with Gasteiger partial charge in [0.1, 0.15) is 11.6 Å². The number of anilines is 1. The molecule has 132 valence electrons. The van der Waals surface area contributed by atoms with Crippen LogP contribution < -0.4 is 10.6 Å². The van der Waals surface area contributed by atoms with Crippen LogP contribution in [0.3, 0.4) is 0 Å². The molecule has 0 aliphatic rings. The summed E-state index contributed by atoms with van der Waals surface area (Å²) in [7, 11) is 0. The van der Waals surface area contributed by atoms with Crippen LogP contribution in [0.25, 0.3) is 0 Å². The summed E-state index contributed by atoms with van der Waals surface area (Å²) >= 11 is 5.85. The van der Waals surface area contributed by atoms with Gasteiger partial charge in [0.2, 0.25) is 0 Å². The van der Waals surface area contributed by atoms with Crippen molar-refractivity contribution in [3.8, 4) is 0 Å². The highest BCUT2D eigenvalue weighted by molar-refractivity contribution is 6.30. The zero-order valence-electron chi connectivity index (χ0n) is 13.9. The Balaban J connectivity index is 1.58. The fourth-order valence-electron chi connectivity index (χ4n) is 2.35. The second kappa shape index (κ2) is 8.45. The highest BCUT2D eigenvalue weighted by Gasteiger charge is 2.07. The highest BCUT2D eigenvalue weighted by Crippen LogP contribution is 2.11. The number of aromatic nitrogens is 1. The number of nitrogens with zero attached hydrogens (tertiary/aromatic N) is 1. The third kappa shape index (κ3) is 5.04. The van der Waals surface area contributed by atoms with Gasteiger partial charge in [-0.05, 0) is 47.5 Å². The van der Waals surface area contributed by atoms with E-state index in [9.17, 15) is 9.18 Å². The molecule has 0 radical (unpaired) electrons. The average molecular weight is 370 g/mol. The minimum absolute atomic E-state index is 0.188. The molecular weight excluding hydrogens is 353 g/mol.